The number of aryl methyl sites for hydroxylation is 3. The third-order valence-electron chi connectivity index (χ3n) is 3.81. The first-order valence-electron chi connectivity index (χ1n) is 7.27. The molecule has 1 aromatic heterocycles. The second-order valence-electron chi connectivity index (χ2n) is 5.56. The zero-order valence-electron chi connectivity index (χ0n) is 12.4. The molecular formula is C16H20N4O. The highest BCUT2D eigenvalue weighted by molar-refractivity contribution is 5.92. The number of anilines is 2. The Bertz CT molecular complexity index is 675. The van der Waals surface area contributed by atoms with E-state index in [0.29, 0.717) is 13.0 Å². The van der Waals surface area contributed by atoms with Crippen LogP contribution >= 0.6 is 0 Å². The van der Waals surface area contributed by atoms with E-state index in [2.05, 4.69) is 34.8 Å². The summed E-state index contributed by atoms with van der Waals surface area (Å²) < 4.78 is 1.82. The van der Waals surface area contributed by atoms with E-state index in [4.69, 9.17) is 0 Å². The van der Waals surface area contributed by atoms with Crippen molar-refractivity contribution in [1.82, 2.24) is 9.78 Å². The van der Waals surface area contributed by atoms with Crippen LogP contribution in [0.2, 0.25) is 0 Å². The highest BCUT2D eigenvalue weighted by atomic mass is 16.1. The van der Waals surface area contributed by atoms with Gasteiger partial charge in [0.25, 0.3) is 0 Å². The molecule has 2 N–H and O–H groups in total. The lowest BCUT2D eigenvalue weighted by atomic mass is 10.1. The summed E-state index contributed by atoms with van der Waals surface area (Å²) in [5, 5.41) is 10.8. The van der Waals surface area contributed by atoms with Gasteiger partial charge in [0.2, 0.25) is 5.91 Å². The molecule has 1 aliphatic heterocycles. The fraction of sp³-hybridized carbons (Fsp3) is 0.375. The van der Waals surface area contributed by atoms with E-state index >= 15 is 0 Å². The summed E-state index contributed by atoms with van der Waals surface area (Å²) in [5.41, 5.74) is 5.35. The van der Waals surface area contributed by atoms with Crippen LogP contribution in [0.3, 0.4) is 0 Å². The molecule has 110 valence electrons. The second-order valence-corrected chi connectivity index (χ2v) is 5.56. The third kappa shape index (κ3) is 3.07. The molecule has 1 aliphatic rings. The smallest absolute Gasteiger partial charge is 0.224 e. The van der Waals surface area contributed by atoms with Crippen LogP contribution in [0.4, 0.5) is 11.4 Å². The van der Waals surface area contributed by atoms with Crippen molar-refractivity contribution in [3.63, 3.8) is 0 Å². The van der Waals surface area contributed by atoms with Gasteiger partial charge in [-0.1, -0.05) is 6.07 Å². The molecule has 1 amide bonds. The van der Waals surface area contributed by atoms with Gasteiger partial charge in [-0.15, -0.1) is 0 Å². The molecule has 2 aromatic rings. The average molecular weight is 284 g/mol. The molecule has 0 saturated carbocycles. The summed E-state index contributed by atoms with van der Waals surface area (Å²) in [4.78, 5) is 11.6. The van der Waals surface area contributed by atoms with Crippen molar-refractivity contribution in [3.05, 3.63) is 41.2 Å². The Kier molecular flexibility index (Phi) is 3.64. The Morgan fingerprint density at radius 3 is 3.00 bits per heavy atom. The van der Waals surface area contributed by atoms with Gasteiger partial charge in [0.1, 0.15) is 0 Å². The van der Waals surface area contributed by atoms with Crippen LogP contribution in [0, 0.1) is 6.92 Å². The monoisotopic (exact) mass is 284 g/mol. The molecule has 0 aliphatic carbocycles. The molecule has 2 heterocycles. The van der Waals surface area contributed by atoms with E-state index in [9.17, 15) is 4.79 Å². The van der Waals surface area contributed by atoms with Gasteiger partial charge in [-0.3, -0.25) is 9.48 Å². The molecule has 0 spiro atoms. The van der Waals surface area contributed by atoms with E-state index in [1.807, 2.05) is 24.0 Å². The maximum Gasteiger partial charge on any atom is 0.224 e. The first-order valence-corrected chi connectivity index (χ1v) is 7.27. The van der Waals surface area contributed by atoms with E-state index in [-0.39, 0.29) is 5.91 Å². The molecule has 0 bridgehead atoms. The number of nitrogens with zero attached hydrogens (tertiary/aromatic N) is 2. The van der Waals surface area contributed by atoms with E-state index in [0.717, 1.165) is 29.9 Å². The Morgan fingerprint density at radius 2 is 2.24 bits per heavy atom. The maximum atomic E-state index is 11.6. The summed E-state index contributed by atoms with van der Waals surface area (Å²) >= 11 is 0. The first kappa shape index (κ1) is 13.7. The van der Waals surface area contributed by atoms with Crippen molar-refractivity contribution >= 4 is 17.3 Å². The molecule has 5 heteroatoms. The van der Waals surface area contributed by atoms with Crippen LogP contribution in [-0.4, -0.2) is 15.7 Å². The van der Waals surface area contributed by atoms with Gasteiger partial charge in [-0.2, -0.15) is 5.10 Å². The quantitative estimate of drug-likeness (QED) is 0.911. The fourth-order valence-corrected chi connectivity index (χ4v) is 2.69. The topological polar surface area (TPSA) is 59.0 Å². The van der Waals surface area contributed by atoms with Crippen molar-refractivity contribution < 1.29 is 4.79 Å². The van der Waals surface area contributed by atoms with E-state index in [1.165, 1.54) is 11.1 Å². The van der Waals surface area contributed by atoms with Gasteiger partial charge in [0.05, 0.1) is 12.2 Å². The summed E-state index contributed by atoms with van der Waals surface area (Å²) in [5.74, 6) is 0.103. The van der Waals surface area contributed by atoms with Crippen LogP contribution in [-0.2, 0) is 24.8 Å². The van der Waals surface area contributed by atoms with Crippen molar-refractivity contribution in [1.29, 1.82) is 0 Å². The number of benzene rings is 1. The Hall–Kier alpha value is -2.30. The number of amides is 1. The molecule has 0 saturated heterocycles. The molecule has 0 fully saturated rings. The molecular weight excluding hydrogens is 264 g/mol. The van der Waals surface area contributed by atoms with Crippen molar-refractivity contribution in [2.45, 2.75) is 32.7 Å². The van der Waals surface area contributed by atoms with Crippen LogP contribution < -0.4 is 10.6 Å². The largest absolute Gasteiger partial charge is 0.379 e. The summed E-state index contributed by atoms with van der Waals surface area (Å²) in [6, 6.07) is 6.17. The first-order chi connectivity index (χ1) is 10.1. The highest BCUT2D eigenvalue weighted by Crippen LogP contribution is 2.25. The van der Waals surface area contributed by atoms with Crippen LogP contribution in [0.5, 0.6) is 0 Å². The Morgan fingerprint density at radius 1 is 1.38 bits per heavy atom. The zero-order valence-corrected chi connectivity index (χ0v) is 12.4. The normalized spacial score (nSPS) is 14.3. The molecule has 5 nitrogen and oxygen atoms in total. The van der Waals surface area contributed by atoms with Gasteiger partial charge in [-0.25, -0.2) is 0 Å². The van der Waals surface area contributed by atoms with Gasteiger partial charge in [0, 0.05) is 31.0 Å². The second kappa shape index (κ2) is 5.60. The van der Waals surface area contributed by atoms with Crippen molar-refractivity contribution in [2.75, 3.05) is 10.6 Å². The molecule has 21 heavy (non-hydrogen) atoms. The molecule has 3 rings (SSSR count). The lowest BCUT2D eigenvalue weighted by Crippen LogP contribution is -2.09. The number of rotatable bonds is 3. The van der Waals surface area contributed by atoms with Gasteiger partial charge < -0.3 is 10.6 Å². The average Bonchev–Trinajstić information content (AvgIpc) is 2.65. The minimum absolute atomic E-state index is 0.103. The fourth-order valence-electron chi connectivity index (χ4n) is 2.69. The summed E-state index contributed by atoms with van der Waals surface area (Å²) in [7, 11) is 1.93. The Labute approximate surface area is 124 Å². The van der Waals surface area contributed by atoms with Gasteiger partial charge in [0.15, 0.2) is 0 Å². The maximum absolute atomic E-state index is 11.6. The van der Waals surface area contributed by atoms with Gasteiger partial charge in [-0.05, 0) is 43.0 Å². The lowest BCUT2D eigenvalue weighted by Gasteiger charge is -2.11. The molecule has 0 radical (unpaired) electrons. The number of carbonyl (C=O) groups is 1. The van der Waals surface area contributed by atoms with Crippen LogP contribution in [0.15, 0.2) is 24.4 Å². The van der Waals surface area contributed by atoms with E-state index < -0.39 is 0 Å². The molecule has 0 atom stereocenters. The molecule has 0 unspecified atom stereocenters. The minimum Gasteiger partial charge on any atom is -0.379 e. The lowest BCUT2D eigenvalue weighted by molar-refractivity contribution is -0.116. The third-order valence-corrected chi connectivity index (χ3v) is 3.81. The standard InChI is InChI=1S/C16H20N4O/c1-11-10-20(2)19-15(11)9-17-13-7-6-12-4-3-5-16(21)18-14(12)8-13/h6-8,10,17H,3-5,9H2,1-2H3,(H,18,21). The number of fused-ring (bicyclic) bond motifs is 1. The summed E-state index contributed by atoms with van der Waals surface area (Å²) in [6.45, 7) is 2.74. The number of hydrogen-bond acceptors (Lipinski definition) is 3. The number of hydrogen-bond donors (Lipinski definition) is 2. The van der Waals surface area contributed by atoms with E-state index in [1.54, 1.807) is 0 Å². The van der Waals surface area contributed by atoms with Crippen LogP contribution in [0.1, 0.15) is 29.7 Å². The highest BCUT2D eigenvalue weighted by Gasteiger charge is 2.13. The number of nitrogens with one attached hydrogen (secondary N) is 2. The van der Waals surface area contributed by atoms with Crippen molar-refractivity contribution in [2.24, 2.45) is 7.05 Å². The summed E-state index contributed by atoms with van der Waals surface area (Å²) in [6.07, 6.45) is 4.48. The van der Waals surface area contributed by atoms with Crippen molar-refractivity contribution in [3.8, 4) is 0 Å². The number of carbonyl (C=O) groups excluding carboxylic acids is 1. The zero-order chi connectivity index (χ0) is 14.8. The molecule has 1 aromatic carbocycles. The number of aromatic nitrogens is 2. The SMILES string of the molecule is Cc1cn(C)nc1CNc1ccc2c(c1)NC(=O)CCC2. The Balaban J connectivity index is 1.74. The van der Waals surface area contributed by atoms with Crippen LogP contribution in [0.25, 0.3) is 0 Å². The minimum atomic E-state index is 0.103. The van der Waals surface area contributed by atoms with Gasteiger partial charge >= 0.3 is 0 Å². The predicted octanol–water partition coefficient (Wildman–Crippen LogP) is 2.62. The predicted molar refractivity (Wildman–Crippen MR) is 83.3 cm³/mol.